The number of benzene rings is 1. The minimum Gasteiger partial charge on any atom is -0.489 e. The number of nitrogens with two attached hydrogens (primary N) is 1. The van der Waals surface area contributed by atoms with E-state index in [-0.39, 0.29) is 0 Å². The van der Waals surface area contributed by atoms with Crippen molar-refractivity contribution < 1.29 is 4.74 Å². The Labute approximate surface area is 102 Å². The predicted molar refractivity (Wildman–Crippen MR) is 67.9 cm³/mol. The molecule has 0 aromatic heterocycles. The second-order valence-corrected chi connectivity index (χ2v) is 5.10. The maximum atomic E-state index is 6.06. The Hall–Kier alpha value is -0.890. The van der Waals surface area contributed by atoms with Gasteiger partial charge in [0, 0.05) is 11.8 Å². The lowest BCUT2D eigenvalue weighted by molar-refractivity contribution is 0.136. The summed E-state index contributed by atoms with van der Waals surface area (Å²) in [5.74, 6) is 1.55. The van der Waals surface area contributed by atoms with Crippen molar-refractivity contribution in [3.63, 3.8) is 0 Å². The highest BCUT2D eigenvalue weighted by Crippen LogP contribution is 2.32. The van der Waals surface area contributed by atoms with Gasteiger partial charge >= 0.3 is 0 Å². The lowest BCUT2D eigenvalue weighted by Crippen LogP contribution is -2.23. The third kappa shape index (κ3) is 2.82. The number of halogens is 1. The van der Waals surface area contributed by atoms with E-state index in [0.29, 0.717) is 16.8 Å². The highest BCUT2D eigenvalue weighted by molar-refractivity contribution is 6.32. The van der Waals surface area contributed by atoms with E-state index < -0.39 is 0 Å². The summed E-state index contributed by atoms with van der Waals surface area (Å²) in [6, 6.07) is 5.39. The van der Waals surface area contributed by atoms with Crippen molar-refractivity contribution in [2.75, 3.05) is 5.73 Å². The molecular weight excluding hydrogens is 222 g/mol. The number of nitrogen functional groups attached to an aromatic ring is 1. The molecule has 16 heavy (non-hydrogen) atoms. The van der Waals surface area contributed by atoms with Crippen molar-refractivity contribution in [3.8, 4) is 5.75 Å². The molecule has 1 aromatic rings. The van der Waals surface area contributed by atoms with Gasteiger partial charge in [0.25, 0.3) is 0 Å². The maximum Gasteiger partial charge on any atom is 0.140 e. The second kappa shape index (κ2) is 4.96. The number of hydrogen-bond acceptors (Lipinski definition) is 2. The number of hydrogen-bond donors (Lipinski definition) is 1. The second-order valence-electron chi connectivity index (χ2n) is 4.69. The van der Waals surface area contributed by atoms with Crippen LogP contribution >= 0.6 is 11.6 Å². The van der Waals surface area contributed by atoms with Gasteiger partial charge < -0.3 is 10.5 Å². The van der Waals surface area contributed by atoms with E-state index in [1.54, 1.807) is 18.2 Å². The van der Waals surface area contributed by atoms with Gasteiger partial charge in [-0.25, -0.2) is 0 Å². The van der Waals surface area contributed by atoms with Crippen molar-refractivity contribution >= 4 is 17.3 Å². The molecule has 0 amide bonds. The van der Waals surface area contributed by atoms with Crippen molar-refractivity contribution in [2.24, 2.45) is 5.92 Å². The molecule has 0 aliphatic heterocycles. The zero-order chi connectivity index (χ0) is 11.5. The quantitative estimate of drug-likeness (QED) is 0.795. The summed E-state index contributed by atoms with van der Waals surface area (Å²) in [5, 5.41) is 0.646. The molecule has 3 heteroatoms. The first-order chi connectivity index (χ1) is 7.65. The zero-order valence-electron chi connectivity index (χ0n) is 9.58. The fraction of sp³-hybridized carbons (Fsp3) is 0.538. The third-order valence-electron chi connectivity index (χ3n) is 3.21. The van der Waals surface area contributed by atoms with Crippen LogP contribution in [0.15, 0.2) is 18.2 Å². The van der Waals surface area contributed by atoms with Gasteiger partial charge in [-0.2, -0.15) is 0 Å². The SMILES string of the molecule is CC1CCC(Oc2cc(N)ccc2Cl)CC1. The van der Waals surface area contributed by atoms with Crippen LogP contribution in [0.2, 0.25) is 5.02 Å². The smallest absolute Gasteiger partial charge is 0.140 e. The zero-order valence-corrected chi connectivity index (χ0v) is 10.3. The van der Waals surface area contributed by atoms with Crippen molar-refractivity contribution in [2.45, 2.75) is 38.7 Å². The van der Waals surface area contributed by atoms with Gasteiger partial charge in [0.15, 0.2) is 0 Å². The average Bonchev–Trinajstić information content (AvgIpc) is 2.27. The largest absolute Gasteiger partial charge is 0.489 e. The molecule has 88 valence electrons. The topological polar surface area (TPSA) is 35.2 Å². The van der Waals surface area contributed by atoms with Crippen LogP contribution in [0.5, 0.6) is 5.75 Å². The van der Waals surface area contributed by atoms with E-state index in [1.807, 2.05) is 0 Å². The Bertz CT molecular complexity index is 359. The summed E-state index contributed by atoms with van der Waals surface area (Å²) < 4.78 is 5.90. The van der Waals surface area contributed by atoms with E-state index in [9.17, 15) is 0 Å². The van der Waals surface area contributed by atoms with Gasteiger partial charge in [0.1, 0.15) is 5.75 Å². The minimum absolute atomic E-state index is 0.301. The summed E-state index contributed by atoms with van der Waals surface area (Å²) in [6.45, 7) is 2.30. The van der Waals surface area contributed by atoms with Gasteiger partial charge in [-0.15, -0.1) is 0 Å². The minimum atomic E-state index is 0.301. The molecule has 2 nitrogen and oxygen atoms in total. The van der Waals surface area contributed by atoms with Crippen LogP contribution in [0.25, 0.3) is 0 Å². The third-order valence-corrected chi connectivity index (χ3v) is 3.52. The van der Waals surface area contributed by atoms with Crippen LogP contribution < -0.4 is 10.5 Å². The van der Waals surface area contributed by atoms with Crippen molar-refractivity contribution in [1.29, 1.82) is 0 Å². The molecule has 2 rings (SSSR count). The Kier molecular flexibility index (Phi) is 3.59. The molecule has 1 aliphatic rings. The molecular formula is C13H18ClNO. The summed E-state index contributed by atoms with van der Waals surface area (Å²) in [7, 11) is 0. The van der Waals surface area contributed by atoms with E-state index >= 15 is 0 Å². The molecule has 0 radical (unpaired) electrons. The molecule has 0 saturated heterocycles. The monoisotopic (exact) mass is 239 g/mol. The Balaban J connectivity index is 2.00. The number of anilines is 1. The van der Waals surface area contributed by atoms with E-state index in [1.165, 1.54) is 12.8 Å². The van der Waals surface area contributed by atoms with Gasteiger partial charge in [0.05, 0.1) is 11.1 Å². The van der Waals surface area contributed by atoms with Crippen LogP contribution in [-0.2, 0) is 0 Å². The van der Waals surface area contributed by atoms with Crippen LogP contribution in [-0.4, -0.2) is 6.10 Å². The Morgan fingerprint density at radius 1 is 1.25 bits per heavy atom. The van der Waals surface area contributed by atoms with E-state index in [2.05, 4.69) is 6.92 Å². The molecule has 0 heterocycles. The van der Waals surface area contributed by atoms with E-state index in [0.717, 1.165) is 24.5 Å². The Morgan fingerprint density at radius 3 is 2.62 bits per heavy atom. The highest BCUT2D eigenvalue weighted by Gasteiger charge is 2.20. The van der Waals surface area contributed by atoms with E-state index in [4.69, 9.17) is 22.1 Å². The average molecular weight is 240 g/mol. The standard InChI is InChI=1S/C13H18ClNO/c1-9-2-5-11(6-3-9)16-13-8-10(15)4-7-12(13)14/h4,7-9,11H,2-3,5-6,15H2,1H3. The fourth-order valence-electron chi connectivity index (χ4n) is 2.14. The molecule has 0 bridgehead atoms. The first-order valence-corrected chi connectivity index (χ1v) is 6.24. The van der Waals surface area contributed by atoms with Crippen LogP contribution in [0.3, 0.4) is 0 Å². The normalized spacial score (nSPS) is 25.4. The molecule has 0 spiro atoms. The first-order valence-electron chi connectivity index (χ1n) is 5.87. The molecule has 1 aliphatic carbocycles. The number of ether oxygens (including phenoxy) is 1. The maximum absolute atomic E-state index is 6.06. The van der Waals surface area contributed by atoms with Crippen LogP contribution in [0.4, 0.5) is 5.69 Å². The summed E-state index contributed by atoms with van der Waals surface area (Å²) in [6.07, 6.45) is 5.02. The summed E-state index contributed by atoms with van der Waals surface area (Å²) in [5.41, 5.74) is 6.41. The molecule has 2 N–H and O–H groups in total. The molecule has 0 unspecified atom stereocenters. The molecule has 0 atom stereocenters. The summed E-state index contributed by atoms with van der Waals surface area (Å²) >= 11 is 6.06. The van der Waals surface area contributed by atoms with Crippen molar-refractivity contribution in [3.05, 3.63) is 23.2 Å². The molecule has 1 saturated carbocycles. The van der Waals surface area contributed by atoms with Gasteiger partial charge in [-0.05, 0) is 43.7 Å². The Morgan fingerprint density at radius 2 is 1.94 bits per heavy atom. The molecule has 1 aromatic carbocycles. The fourth-order valence-corrected chi connectivity index (χ4v) is 2.30. The first kappa shape index (κ1) is 11.6. The van der Waals surface area contributed by atoms with Crippen LogP contribution in [0.1, 0.15) is 32.6 Å². The van der Waals surface area contributed by atoms with Crippen molar-refractivity contribution in [1.82, 2.24) is 0 Å². The molecule has 1 fully saturated rings. The predicted octanol–water partition coefficient (Wildman–Crippen LogP) is 3.88. The highest BCUT2D eigenvalue weighted by atomic mass is 35.5. The van der Waals surface area contributed by atoms with Gasteiger partial charge in [0.2, 0.25) is 0 Å². The lowest BCUT2D eigenvalue weighted by atomic mass is 9.89. The van der Waals surface area contributed by atoms with Crippen LogP contribution in [0, 0.1) is 5.92 Å². The summed E-state index contributed by atoms with van der Waals surface area (Å²) in [4.78, 5) is 0. The lowest BCUT2D eigenvalue weighted by Gasteiger charge is -2.27. The van der Waals surface area contributed by atoms with Gasteiger partial charge in [-0.3, -0.25) is 0 Å². The number of rotatable bonds is 2. The van der Waals surface area contributed by atoms with Gasteiger partial charge in [-0.1, -0.05) is 18.5 Å².